The molecule has 1 N–H and O–H groups in total. The molecule has 1 aromatic carbocycles. The van der Waals surface area contributed by atoms with Crippen molar-refractivity contribution in [2.75, 3.05) is 0 Å². The van der Waals surface area contributed by atoms with Gasteiger partial charge >= 0.3 is 0 Å². The van der Waals surface area contributed by atoms with E-state index in [1.54, 1.807) is 17.8 Å². The van der Waals surface area contributed by atoms with Crippen molar-refractivity contribution in [2.45, 2.75) is 37.0 Å². The van der Waals surface area contributed by atoms with Gasteiger partial charge in [0.2, 0.25) is 0 Å². The zero-order valence-corrected chi connectivity index (χ0v) is 9.84. The summed E-state index contributed by atoms with van der Waals surface area (Å²) in [6, 6.07) is 7.71. The zero-order valence-electron chi connectivity index (χ0n) is 9.03. The first kappa shape index (κ1) is 12.1. The van der Waals surface area contributed by atoms with Crippen LogP contribution in [0.2, 0.25) is 0 Å². The molecule has 1 aromatic rings. The van der Waals surface area contributed by atoms with Crippen LogP contribution in [0.5, 0.6) is 0 Å². The van der Waals surface area contributed by atoms with Gasteiger partial charge in [0.15, 0.2) is 0 Å². The fourth-order valence-corrected chi connectivity index (χ4v) is 2.14. The lowest BCUT2D eigenvalue weighted by molar-refractivity contribution is 0.281. The summed E-state index contributed by atoms with van der Waals surface area (Å²) in [5, 5.41) is 18.5. The van der Waals surface area contributed by atoms with Gasteiger partial charge < -0.3 is 5.11 Å². The third-order valence-electron chi connectivity index (χ3n) is 2.25. The van der Waals surface area contributed by atoms with Gasteiger partial charge in [-0.2, -0.15) is 5.26 Å². The second kappa shape index (κ2) is 5.79. The van der Waals surface area contributed by atoms with Crippen molar-refractivity contribution in [1.82, 2.24) is 0 Å². The van der Waals surface area contributed by atoms with Crippen LogP contribution in [0.3, 0.4) is 0 Å². The van der Waals surface area contributed by atoms with E-state index in [4.69, 9.17) is 10.4 Å². The standard InChI is InChI=1S/C12H15NOS/c1-3-9(2)15-12-5-4-10(8-14)6-11(12)7-13/h4-6,9,14H,3,8H2,1-2H3. The molecule has 0 fully saturated rings. The summed E-state index contributed by atoms with van der Waals surface area (Å²) in [6.45, 7) is 4.26. The molecule has 0 saturated carbocycles. The number of nitriles is 1. The molecule has 0 heterocycles. The maximum atomic E-state index is 8.98. The van der Waals surface area contributed by atoms with E-state index in [1.807, 2.05) is 12.1 Å². The van der Waals surface area contributed by atoms with Crippen LogP contribution in [0.15, 0.2) is 23.1 Å². The first-order valence-corrected chi connectivity index (χ1v) is 5.89. The second-order valence-electron chi connectivity index (χ2n) is 3.44. The van der Waals surface area contributed by atoms with Crippen LogP contribution in [0.25, 0.3) is 0 Å². The highest BCUT2D eigenvalue weighted by Gasteiger charge is 2.07. The Bertz CT molecular complexity index is 370. The number of aliphatic hydroxyl groups excluding tert-OH is 1. The van der Waals surface area contributed by atoms with Gasteiger partial charge in [-0.15, -0.1) is 11.8 Å². The lowest BCUT2D eigenvalue weighted by atomic mass is 10.1. The van der Waals surface area contributed by atoms with E-state index in [1.165, 1.54) is 0 Å². The van der Waals surface area contributed by atoms with E-state index < -0.39 is 0 Å². The molecule has 0 radical (unpaired) electrons. The Balaban J connectivity index is 2.94. The minimum atomic E-state index is -0.0110. The highest BCUT2D eigenvalue weighted by atomic mass is 32.2. The third-order valence-corrected chi connectivity index (χ3v) is 3.60. The Kier molecular flexibility index (Phi) is 4.67. The number of aliphatic hydroxyl groups is 1. The number of nitrogens with zero attached hydrogens (tertiary/aromatic N) is 1. The van der Waals surface area contributed by atoms with Crippen molar-refractivity contribution in [3.05, 3.63) is 29.3 Å². The van der Waals surface area contributed by atoms with Gasteiger partial charge in [0.05, 0.1) is 12.2 Å². The van der Waals surface area contributed by atoms with E-state index >= 15 is 0 Å². The predicted octanol–water partition coefficient (Wildman–Crippen LogP) is 2.94. The number of hydrogen-bond acceptors (Lipinski definition) is 3. The molecule has 0 amide bonds. The minimum absolute atomic E-state index is 0.0110. The van der Waals surface area contributed by atoms with E-state index in [0.717, 1.165) is 16.9 Å². The molecule has 0 aliphatic carbocycles. The van der Waals surface area contributed by atoms with Crippen molar-refractivity contribution in [3.63, 3.8) is 0 Å². The van der Waals surface area contributed by atoms with E-state index in [9.17, 15) is 0 Å². The number of thioether (sulfide) groups is 1. The lowest BCUT2D eigenvalue weighted by Gasteiger charge is -2.10. The fourth-order valence-electron chi connectivity index (χ4n) is 1.17. The minimum Gasteiger partial charge on any atom is -0.392 e. The largest absolute Gasteiger partial charge is 0.392 e. The average Bonchev–Trinajstić information content (AvgIpc) is 2.29. The molecule has 0 saturated heterocycles. The molecule has 0 spiro atoms. The van der Waals surface area contributed by atoms with Crippen LogP contribution >= 0.6 is 11.8 Å². The Hall–Kier alpha value is -0.980. The van der Waals surface area contributed by atoms with Crippen LogP contribution in [0.1, 0.15) is 31.4 Å². The molecule has 0 aliphatic heterocycles. The number of benzene rings is 1. The first-order chi connectivity index (χ1) is 7.21. The normalized spacial score (nSPS) is 12.1. The average molecular weight is 221 g/mol. The van der Waals surface area contributed by atoms with E-state index in [0.29, 0.717) is 10.8 Å². The molecule has 3 heteroatoms. The Morgan fingerprint density at radius 2 is 2.27 bits per heavy atom. The van der Waals surface area contributed by atoms with E-state index in [-0.39, 0.29) is 6.61 Å². The number of rotatable bonds is 4. The Morgan fingerprint density at radius 1 is 1.53 bits per heavy atom. The monoisotopic (exact) mass is 221 g/mol. The summed E-state index contributed by atoms with van der Waals surface area (Å²) in [4.78, 5) is 1.00. The van der Waals surface area contributed by atoms with Gasteiger partial charge in [0.25, 0.3) is 0 Å². The van der Waals surface area contributed by atoms with Gasteiger partial charge in [-0.3, -0.25) is 0 Å². The van der Waals surface area contributed by atoms with Crippen molar-refractivity contribution in [2.24, 2.45) is 0 Å². The van der Waals surface area contributed by atoms with Gasteiger partial charge in [-0.1, -0.05) is 19.9 Å². The van der Waals surface area contributed by atoms with Crippen molar-refractivity contribution >= 4 is 11.8 Å². The van der Waals surface area contributed by atoms with Gasteiger partial charge in [-0.05, 0) is 24.1 Å². The molecule has 2 nitrogen and oxygen atoms in total. The highest BCUT2D eigenvalue weighted by Crippen LogP contribution is 2.28. The van der Waals surface area contributed by atoms with Crippen molar-refractivity contribution in [1.29, 1.82) is 5.26 Å². The van der Waals surface area contributed by atoms with Crippen molar-refractivity contribution in [3.8, 4) is 6.07 Å². The lowest BCUT2D eigenvalue weighted by Crippen LogP contribution is -1.94. The maximum absolute atomic E-state index is 8.98. The SMILES string of the molecule is CCC(C)Sc1ccc(CO)cc1C#N. The van der Waals surface area contributed by atoms with Gasteiger partial charge in [0.1, 0.15) is 6.07 Å². The first-order valence-electron chi connectivity index (χ1n) is 5.01. The Morgan fingerprint density at radius 3 is 2.80 bits per heavy atom. The molecule has 1 rings (SSSR count). The van der Waals surface area contributed by atoms with Crippen LogP contribution in [0, 0.1) is 11.3 Å². The van der Waals surface area contributed by atoms with Crippen LogP contribution in [0.4, 0.5) is 0 Å². The predicted molar refractivity (Wildman–Crippen MR) is 62.7 cm³/mol. The summed E-state index contributed by atoms with van der Waals surface area (Å²) in [5.74, 6) is 0. The summed E-state index contributed by atoms with van der Waals surface area (Å²) in [7, 11) is 0. The fraction of sp³-hybridized carbons (Fsp3) is 0.417. The molecule has 80 valence electrons. The summed E-state index contributed by atoms with van der Waals surface area (Å²) in [6.07, 6.45) is 1.08. The molecule has 1 unspecified atom stereocenters. The quantitative estimate of drug-likeness (QED) is 0.795. The Labute approximate surface area is 94.9 Å². The highest BCUT2D eigenvalue weighted by molar-refractivity contribution is 8.00. The molecule has 0 aromatic heterocycles. The molecular weight excluding hydrogens is 206 g/mol. The maximum Gasteiger partial charge on any atom is 0.100 e. The summed E-state index contributed by atoms with van der Waals surface area (Å²) >= 11 is 1.71. The molecule has 0 bridgehead atoms. The summed E-state index contributed by atoms with van der Waals surface area (Å²) < 4.78 is 0. The van der Waals surface area contributed by atoms with Gasteiger partial charge in [-0.25, -0.2) is 0 Å². The topological polar surface area (TPSA) is 44.0 Å². The molecule has 0 aliphatic rings. The second-order valence-corrected chi connectivity index (χ2v) is 4.92. The third kappa shape index (κ3) is 3.26. The van der Waals surface area contributed by atoms with Crippen molar-refractivity contribution < 1.29 is 5.11 Å². The smallest absolute Gasteiger partial charge is 0.100 e. The summed E-state index contributed by atoms with van der Waals surface area (Å²) in [5.41, 5.74) is 1.45. The molecule has 1 atom stereocenters. The van der Waals surface area contributed by atoms with Crippen LogP contribution in [-0.2, 0) is 6.61 Å². The number of hydrogen-bond donors (Lipinski definition) is 1. The molecule has 15 heavy (non-hydrogen) atoms. The van der Waals surface area contributed by atoms with Crippen LogP contribution < -0.4 is 0 Å². The van der Waals surface area contributed by atoms with Crippen LogP contribution in [-0.4, -0.2) is 10.4 Å². The zero-order chi connectivity index (χ0) is 11.3. The van der Waals surface area contributed by atoms with E-state index in [2.05, 4.69) is 19.9 Å². The van der Waals surface area contributed by atoms with Gasteiger partial charge in [0, 0.05) is 10.1 Å². The molecular formula is C12H15NOS.